The molecular weight excluding hydrogens is 179 g/mol. The summed E-state index contributed by atoms with van der Waals surface area (Å²) in [6, 6.07) is 5.07. The van der Waals surface area contributed by atoms with Gasteiger partial charge in [0.1, 0.15) is 5.82 Å². The summed E-state index contributed by atoms with van der Waals surface area (Å²) in [6.45, 7) is 2.47. The molecule has 1 aliphatic rings. The number of nitrogens with zero attached hydrogens (tertiary/aromatic N) is 1. The zero-order valence-corrected chi connectivity index (χ0v) is 8.17. The minimum absolute atomic E-state index is 0.185. The van der Waals surface area contributed by atoms with Gasteiger partial charge in [0.2, 0.25) is 0 Å². The molecule has 0 spiro atoms. The van der Waals surface area contributed by atoms with Crippen molar-refractivity contribution in [2.75, 3.05) is 18.0 Å². The van der Waals surface area contributed by atoms with E-state index < -0.39 is 0 Å². The molecule has 0 amide bonds. The Kier molecular flexibility index (Phi) is 2.68. The summed E-state index contributed by atoms with van der Waals surface area (Å²) in [7, 11) is 0. The van der Waals surface area contributed by atoms with Crippen LogP contribution in [0.4, 0.5) is 10.1 Å². The number of benzene rings is 1. The molecule has 0 atom stereocenters. The molecule has 14 heavy (non-hydrogen) atoms. The summed E-state index contributed by atoms with van der Waals surface area (Å²) in [4.78, 5) is 2.21. The second-order valence-electron chi connectivity index (χ2n) is 3.72. The van der Waals surface area contributed by atoms with Crippen LogP contribution in [0.25, 0.3) is 0 Å². The molecule has 0 aromatic heterocycles. The molecule has 3 heteroatoms. The molecule has 0 aliphatic carbocycles. The lowest BCUT2D eigenvalue weighted by Crippen LogP contribution is -2.18. The lowest BCUT2D eigenvalue weighted by Gasteiger charge is -2.18. The van der Waals surface area contributed by atoms with Crippen molar-refractivity contribution in [1.82, 2.24) is 0 Å². The normalized spacial score (nSPS) is 16.3. The summed E-state index contributed by atoms with van der Waals surface area (Å²) >= 11 is 0. The lowest BCUT2D eigenvalue weighted by atomic mass is 10.2. The third-order valence-electron chi connectivity index (χ3n) is 2.65. The molecule has 2 rings (SSSR count). The van der Waals surface area contributed by atoms with E-state index in [1.807, 2.05) is 6.07 Å². The zero-order chi connectivity index (χ0) is 9.97. The summed E-state index contributed by atoms with van der Waals surface area (Å²) in [5, 5.41) is 0. The second-order valence-corrected chi connectivity index (χ2v) is 3.72. The van der Waals surface area contributed by atoms with Gasteiger partial charge < -0.3 is 10.6 Å². The summed E-state index contributed by atoms with van der Waals surface area (Å²) in [5.41, 5.74) is 7.34. The lowest BCUT2D eigenvalue weighted by molar-refractivity contribution is 0.625. The predicted octanol–water partition coefficient (Wildman–Crippen LogP) is 1.88. The van der Waals surface area contributed by atoms with E-state index in [2.05, 4.69) is 4.90 Å². The first-order valence-electron chi connectivity index (χ1n) is 5.04. The van der Waals surface area contributed by atoms with Crippen molar-refractivity contribution in [3.8, 4) is 0 Å². The van der Waals surface area contributed by atoms with Crippen molar-refractivity contribution >= 4 is 5.69 Å². The van der Waals surface area contributed by atoms with Crippen LogP contribution >= 0.6 is 0 Å². The highest BCUT2D eigenvalue weighted by Gasteiger charge is 2.13. The molecule has 0 radical (unpaired) electrons. The SMILES string of the molecule is NCc1cc(F)cc(N2CCCC2)c1. The molecule has 1 aromatic carbocycles. The van der Waals surface area contributed by atoms with Crippen LogP contribution in [0.15, 0.2) is 18.2 Å². The molecule has 1 heterocycles. The Morgan fingerprint density at radius 1 is 1.21 bits per heavy atom. The smallest absolute Gasteiger partial charge is 0.125 e. The topological polar surface area (TPSA) is 29.3 Å². The van der Waals surface area contributed by atoms with Crippen LogP contribution in [-0.4, -0.2) is 13.1 Å². The fraction of sp³-hybridized carbons (Fsp3) is 0.455. The fourth-order valence-electron chi connectivity index (χ4n) is 1.91. The summed E-state index contributed by atoms with van der Waals surface area (Å²) in [6.07, 6.45) is 2.41. The first-order chi connectivity index (χ1) is 6.79. The van der Waals surface area contributed by atoms with E-state index >= 15 is 0 Å². The van der Waals surface area contributed by atoms with Crippen LogP contribution in [0.3, 0.4) is 0 Å². The third-order valence-corrected chi connectivity index (χ3v) is 2.65. The Morgan fingerprint density at radius 2 is 1.93 bits per heavy atom. The summed E-state index contributed by atoms with van der Waals surface area (Å²) in [5.74, 6) is -0.185. The van der Waals surface area contributed by atoms with E-state index in [4.69, 9.17) is 5.73 Å². The van der Waals surface area contributed by atoms with Crippen LogP contribution < -0.4 is 10.6 Å². The maximum absolute atomic E-state index is 13.2. The Morgan fingerprint density at radius 3 is 2.57 bits per heavy atom. The number of hydrogen-bond donors (Lipinski definition) is 1. The maximum atomic E-state index is 13.2. The molecule has 1 saturated heterocycles. The molecule has 2 nitrogen and oxygen atoms in total. The van der Waals surface area contributed by atoms with E-state index in [0.717, 1.165) is 24.3 Å². The van der Waals surface area contributed by atoms with Gasteiger partial charge in [0.05, 0.1) is 0 Å². The van der Waals surface area contributed by atoms with E-state index in [0.29, 0.717) is 6.54 Å². The zero-order valence-electron chi connectivity index (χ0n) is 8.17. The number of rotatable bonds is 2. The highest BCUT2D eigenvalue weighted by Crippen LogP contribution is 2.22. The number of halogens is 1. The van der Waals surface area contributed by atoms with Gasteiger partial charge in [-0.15, -0.1) is 0 Å². The first-order valence-corrected chi connectivity index (χ1v) is 5.04. The molecule has 1 aromatic rings. The number of hydrogen-bond acceptors (Lipinski definition) is 2. The highest BCUT2D eigenvalue weighted by molar-refractivity contribution is 5.49. The van der Waals surface area contributed by atoms with Crippen LogP contribution in [0, 0.1) is 5.82 Å². The van der Waals surface area contributed by atoms with E-state index in [-0.39, 0.29) is 5.82 Å². The fourth-order valence-corrected chi connectivity index (χ4v) is 1.91. The van der Waals surface area contributed by atoms with Crippen LogP contribution in [-0.2, 0) is 6.54 Å². The van der Waals surface area contributed by atoms with E-state index in [9.17, 15) is 4.39 Å². The molecule has 0 unspecified atom stereocenters. The molecule has 0 saturated carbocycles. The van der Waals surface area contributed by atoms with E-state index in [1.54, 1.807) is 6.07 Å². The van der Waals surface area contributed by atoms with Crippen molar-refractivity contribution in [3.63, 3.8) is 0 Å². The van der Waals surface area contributed by atoms with Gasteiger partial charge in [0.15, 0.2) is 0 Å². The minimum atomic E-state index is -0.185. The van der Waals surface area contributed by atoms with E-state index in [1.165, 1.54) is 18.9 Å². The number of nitrogens with two attached hydrogens (primary N) is 1. The standard InChI is InChI=1S/C11H15FN2/c12-10-5-9(8-13)6-11(7-10)14-3-1-2-4-14/h5-7H,1-4,8,13H2. The second kappa shape index (κ2) is 3.96. The average Bonchev–Trinajstić information content (AvgIpc) is 2.69. The Balaban J connectivity index is 2.27. The van der Waals surface area contributed by atoms with Crippen molar-refractivity contribution in [2.45, 2.75) is 19.4 Å². The first kappa shape index (κ1) is 9.46. The Bertz CT molecular complexity index is 319. The minimum Gasteiger partial charge on any atom is -0.371 e. The van der Waals surface area contributed by atoms with Gasteiger partial charge in [-0.05, 0) is 36.6 Å². The molecular formula is C11H15FN2. The predicted molar refractivity (Wildman–Crippen MR) is 55.7 cm³/mol. The van der Waals surface area contributed by atoms with Gasteiger partial charge in [0.25, 0.3) is 0 Å². The molecule has 1 aliphatic heterocycles. The number of anilines is 1. The van der Waals surface area contributed by atoms with Gasteiger partial charge in [-0.2, -0.15) is 0 Å². The molecule has 2 N–H and O–H groups in total. The molecule has 76 valence electrons. The van der Waals surface area contributed by atoms with Crippen LogP contribution in [0.5, 0.6) is 0 Å². The highest BCUT2D eigenvalue weighted by atomic mass is 19.1. The van der Waals surface area contributed by atoms with Gasteiger partial charge in [-0.25, -0.2) is 4.39 Å². The quantitative estimate of drug-likeness (QED) is 0.779. The third kappa shape index (κ3) is 1.87. The van der Waals surface area contributed by atoms with Gasteiger partial charge in [-0.1, -0.05) is 0 Å². The van der Waals surface area contributed by atoms with Crippen molar-refractivity contribution < 1.29 is 4.39 Å². The van der Waals surface area contributed by atoms with Crippen molar-refractivity contribution in [2.24, 2.45) is 5.73 Å². The molecule has 1 fully saturated rings. The monoisotopic (exact) mass is 194 g/mol. The molecule has 0 bridgehead atoms. The van der Waals surface area contributed by atoms with Gasteiger partial charge in [0, 0.05) is 25.3 Å². The average molecular weight is 194 g/mol. The van der Waals surface area contributed by atoms with Crippen molar-refractivity contribution in [1.29, 1.82) is 0 Å². The van der Waals surface area contributed by atoms with Gasteiger partial charge >= 0.3 is 0 Å². The van der Waals surface area contributed by atoms with Gasteiger partial charge in [-0.3, -0.25) is 0 Å². The Labute approximate surface area is 83.5 Å². The van der Waals surface area contributed by atoms with Crippen LogP contribution in [0.2, 0.25) is 0 Å². The van der Waals surface area contributed by atoms with Crippen molar-refractivity contribution in [3.05, 3.63) is 29.6 Å². The largest absolute Gasteiger partial charge is 0.371 e. The van der Waals surface area contributed by atoms with Crippen LogP contribution in [0.1, 0.15) is 18.4 Å². The Hall–Kier alpha value is -1.09. The maximum Gasteiger partial charge on any atom is 0.125 e. The summed E-state index contributed by atoms with van der Waals surface area (Å²) < 4.78 is 13.2.